The fraction of sp³-hybridized carbons (Fsp3) is 0.308. The Morgan fingerprint density at radius 3 is 2.78 bits per heavy atom. The summed E-state index contributed by atoms with van der Waals surface area (Å²) in [6.45, 7) is 2.43. The standard InChI is InChI=1S/C13H17N3OS/c1-9-15-10(8-18-9)7-17-13-6-11(16(2)3)4-5-12(13)14/h4-6,8H,7,14H2,1-3H3. The van der Waals surface area contributed by atoms with Gasteiger partial charge in [0.2, 0.25) is 0 Å². The molecule has 2 N–H and O–H groups in total. The van der Waals surface area contributed by atoms with Gasteiger partial charge in [-0.15, -0.1) is 11.3 Å². The quantitative estimate of drug-likeness (QED) is 0.862. The fourth-order valence-electron chi connectivity index (χ4n) is 1.55. The number of thiazole rings is 1. The van der Waals surface area contributed by atoms with E-state index >= 15 is 0 Å². The average Bonchev–Trinajstić information content (AvgIpc) is 2.74. The second kappa shape index (κ2) is 5.27. The molecule has 2 rings (SSSR count). The van der Waals surface area contributed by atoms with Crippen LogP contribution in [0, 0.1) is 6.92 Å². The molecule has 0 spiro atoms. The van der Waals surface area contributed by atoms with Crippen LogP contribution in [0.3, 0.4) is 0 Å². The molecule has 0 aliphatic heterocycles. The summed E-state index contributed by atoms with van der Waals surface area (Å²) in [5.41, 5.74) is 8.54. The molecule has 5 heteroatoms. The fourth-order valence-corrected chi connectivity index (χ4v) is 2.15. The van der Waals surface area contributed by atoms with E-state index in [9.17, 15) is 0 Å². The number of rotatable bonds is 4. The van der Waals surface area contributed by atoms with E-state index in [1.807, 2.05) is 49.5 Å². The minimum absolute atomic E-state index is 0.450. The molecule has 0 aliphatic rings. The highest BCUT2D eigenvalue weighted by atomic mass is 32.1. The van der Waals surface area contributed by atoms with Crippen LogP contribution in [0.15, 0.2) is 23.6 Å². The summed E-state index contributed by atoms with van der Waals surface area (Å²) >= 11 is 1.62. The van der Waals surface area contributed by atoms with E-state index in [0.29, 0.717) is 18.0 Å². The van der Waals surface area contributed by atoms with Crippen molar-refractivity contribution in [1.82, 2.24) is 4.98 Å². The lowest BCUT2D eigenvalue weighted by Crippen LogP contribution is -2.09. The largest absolute Gasteiger partial charge is 0.485 e. The van der Waals surface area contributed by atoms with E-state index in [1.165, 1.54) is 0 Å². The first-order chi connectivity index (χ1) is 8.56. The second-order valence-corrected chi connectivity index (χ2v) is 5.33. The number of nitrogens with zero attached hydrogens (tertiary/aromatic N) is 2. The molecule has 0 amide bonds. The molecular weight excluding hydrogens is 246 g/mol. The number of benzene rings is 1. The van der Waals surface area contributed by atoms with Crippen molar-refractivity contribution >= 4 is 22.7 Å². The Labute approximate surface area is 111 Å². The highest BCUT2D eigenvalue weighted by Gasteiger charge is 2.05. The topological polar surface area (TPSA) is 51.4 Å². The van der Waals surface area contributed by atoms with Crippen LogP contribution >= 0.6 is 11.3 Å². The van der Waals surface area contributed by atoms with Crippen LogP contribution in [0.4, 0.5) is 11.4 Å². The van der Waals surface area contributed by atoms with E-state index in [2.05, 4.69) is 4.98 Å². The lowest BCUT2D eigenvalue weighted by atomic mass is 10.2. The summed E-state index contributed by atoms with van der Waals surface area (Å²) in [5.74, 6) is 0.701. The molecule has 0 bridgehead atoms. The van der Waals surface area contributed by atoms with Crippen molar-refractivity contribution < 1.29 is 4.74 Å². The lowest BCUT2D eigenvalue weighted by Gasteiger charge is -2.15. The van der Waals surface area contributed by atoms with Gasteiger partial charge in [0, 0.05) is 31.2 Å². The Kier molecular flexibility index (Phi) is 3.72. The lowest BCUT2D eigenvalue weighted by molar-refractivity contribution is 0.304. The predicted octanol–water partition coefficient (Wildman–Crippen LogP) is 2.68. The number of aromatic nitrogens is 1. The van der Waals surface area contributed by atoms with E-state index in [4.69, 9.17) is 10.5 Å². The Balaban J connectivity index is 2.10. The molecule has 0 aliphatic carbocycles. The smallest absolute Gasteiger partial charge is 0.144 e. The van der Waals surface area contributed by atoms with Gasteiger partial charge in [-0.3, -0.25) is 0 Å². The SMILES string of the molecule is Cc1nc(COc2cc(N(C)C)ccc2N)cs1. The molecule has 0 atom stereocenters. The molecule has 0 saturated heterocycles. The van der Waals surface area contributed by atoms with Crippen LogP contribution in [0.5, 0.6) is 5.75 Å². The number of hydrogen-bond acceptors (Lipinski definition) is 5. The summed E-state index contributed by atoms with van der Waals surface area (Å²) < 4.78 is 5.72. The molecule has 18 heavy (non-hydrogen) atoms. The van der Waals surface area contributed by atoms with Gasteiger partial charge in [-0.25, -0.2) is 4.98 Å². The minimum Gasteiger partial charge on any atom is -0.485 e. The highest BCUT2D eigenvalue weighted by molar-refractivity contribution is 7.09. The molecule has 4 nitrogen and oxygen atoms in total. The van der Waals surface area contributed by atoms with Crippen LogP contribution in [0.2, 0.25) is 0 Å². The van der Waals surface area contributed by atoms with Gasteiger partial charge in [0.1, 0.15) is 12.4 Å². The zero-order chi connectivity index (χ0) is 13.1. The molecule has 96 valence electrons. The Bertz CT molecular complexity index is 537. The Hall–Kier alpha value is -1.75. The van der Waals surface area contributed by atoms with Crippen LogP contribution in [0.25, 0.3) is 0 Å². The third-order valence-corrected chi connectivity index (χ3v) is 3.38. The van der Waals surface area contributed by atoms with Gasteiger partial charge in [0.25, 0.3) is 0 Å². The van der Waals surface area contributed by atoms with Gasteiger partial charge >= 0.3 is 0 Å². The van der Waals surface area contributed by atoms with E-state index in [-0.39, 0.29) is 0 Å². The van der Waals surface area contributed by atoms with Crippen molar-refractivity contribution in [3.05, 3.63) is 34.3 Å². The molecule has 0 unspecified atom stereocenters. The maximum atomic E-state index is 5.90. The van der Waals surface area contributed by atoms with Crippen molar-refractivity contribution in [1.29, 1.82) is 0 Å². The molecule has 0 radical (unpaired) electrons. The van der Waals surface area contributed by atoms with Crippen LogP contribution < -0.4 is 15.4 Å². The molecular formula is C13H17N3OS. The summed E-state index contributed by atoms with van der Waals surface area (Å²) in [7, 11) is 3.97. The Morgan fingerprint density at radius 1 is 1.39 bits per heavy atom. The third-order valence-electron chi connectivity index (χ3n) is 2.56. The summed E-state index contributed by atoms with van der Waals surface area (Å²) in [6, 6.07) is 5.76. The second-order valence-electron chi connectivity index (χ2n) is 4.26. The highest BCUT2D eigenvalue weighted by Crippen LogP contribution is 2.27. The summed E-state index contributed by atoms with van der Waals surface area (Å²) in [5, 5.41) is 3.05. The van der Waals surface area contributed by atoms with Crippen molar-refractivity contribution in [2.45, 2.75) is 13.5 Å². The van der Waals surface area contributed by atoms with E-state index in [1.54, 1.807) is 11.3 Å². The molecule has 0 saturated carbocycles. The van der Waals surface area contributed by atoms with Gasteiger partial charge in [-0.2, -0.15) is 0 Å². The number of hydrogen-bond donors (Lipinski definition) is 1. The molecule has 1 aromatic heterocycles. The minimum atomic E-state index is 0.450. The number of aryl methyl sites for hydroxylation is 1. The van der Waals surface area contributed by atoms with E-state index in [0.717, 1.165) is 16.4 Å². The average molecular weight is 263 g/mol. The van der Waals surface area contributed by atoms with Gasteiger partial charge in [-0.05, 0) is 19.1 Å². The van der Waals surface area contributed by atoms with Gasteiger partial charge in [0.05, 0.1) is 16.4 Å². The van der Waals surface area contributed by atoms with Crippen molar-refractivity contribution in [2.24, 2.45) is 0 Å². The van der Waals surface area contributed by atoms with E-state index < -0.39 is 0 Å². The van der Waals surface area contributed by atoms with Crippen molar-refractivity contribution in [3.8, 4) is 5.75 Å². The zero-order valence-electron chi connectivity index (χ0n) is 10.8. The first-order valence-electron chi connectivity index (χ1n) is 5.67. The van der Waals surface area contributed by atoms with Crippen LogP contribution in [-0.4, -0.2) is 19.1 Å². The maximum Gasteiger partial charge on any atom is 0.144 e. The number of ether oxygens (including phenoxy) is 1. The number of nitrogens with two attached hydrogens (primary N) is 1. The number of nitrogen functional groups attached to an aromatic ring is 1. The van der Waals surface area contributed by atoms with Gasteiger partial charge in [0.15, 0.2) is 0 Å². The molecule has 1 heterocycles. The molecule has 2 aromatic rings. The predicted molar refractivity (Wildman–Crippen MR) is 76.4 cm³/mol. The number of anilines is 2. The van der Waals surface area contributed by atoms with Crippen molar-refractivity contribution in [2.75, 3.05) is 24.7 Å². The zero-order valence-corrected chi connectivity index (χ0v) is 11.6. The summed E-state index contributed by atoms with van der Waals surface area (Å²) in [4.78, 5) is 6.37. The summed E-state index contributed by atoms with van der Waals surface area (Å²) in [6.07, 6.45) is 0. The third kappa shape index (κ3) is 2.92. The van der Waals surface area contributed by atoms with Gasteiger partial charge in [-0.1, -0.05) is 0 Å². The molecule has 0 fully saturated rings. The normalized spacial score (nSPS) is 10.4. The van der Waals surface area contributed by atoms with Crippen molar-refractivity contribution in [3.63, 3.8) is 0 Å². The first kappa shape index (κ1) is 12.7. The van der Waals surface area contributed by atoms with Gasteiger partial charge < -0.3 is 15.4 Å². The van der Waals surface area contributed by atoms with Crippen LogP contribution in [0.1, 0.15) is 10.7 Å². The molecule has 1 aromatic carbocycles. The van der Waals surface area contributed by atoms with Crippen LogP contribution in [-0.2, 0) is 6.61 Å². The monoisotopic (exact) mass is 263 g/mol. The maximum absolute atomic E-state index is 5.90. The first-order valence-corrected chi connectivity index (χ1v) is 6.55. The Morgan fingerprint density at radius 2 is 2.17 bits per heavy atom.